The second kappa shape index (κ2) is 5.66. The SMILES string of the molecule is ClCCCN1c2ccccc2Sc2ccc(Cl)cc21. The molecule has 1 heterocycles. The number of anilines is 2. The maximum Gasteiger partial charge on any atom is 0.0567 e. The quantitative estimate of drug-likeness (QED) is 0.682. The van der Waals surface area contributed by atoms with E-state index in [4.69, 9.17) is 23.2 Å². The maximum atomic E-state index is 6.14. The molecule has 0 unspecified atom stereocenters. The number of hydrogen-bond acceptors (Lipinski definition) is 2. The van der Waals surface area contributed by atoms with Crippen molar-refractivity contribution < 1.29 is 0 Å². The molecule has 0 aromatic heterocycles. The van der Waals surface area contributed by atoms with Gasteiger partial charge in [0.2, 0.25) is 0 Å². The van der Waals surface area contributed by atoms with Crippen molar-refractivity contribution in [2.24, 2.45) is 0 Å². The second-order valence-electron chi connectivity index (χ2n) is 4.38. The summed E-state index contributed by atoms with van der Waals surface area (Å²) in [6.45, 7) is 0.911. The van der Waals surface area contributed by atoms with Crippen LogP contribution in [0.3, 0.4) is 0 Å². The standard InChI is InChI=1S/C15H13Cl2NS/c16-8-3-9-18-12-4-1-2-5-14(12)19-15-7-6-11(17)10-13(15)18/h1-2,4-7,10H,3,8-9H2. The molecule has 0 radical (unpaired) electrons. The molecule has 1 aliphatic heterocycles. The first-order valence-corrected chi connectivity index (χ1v) is 7.92. The van der Waals surface area contributed by atoms with E-state index in [1.165, 1.54) is 21.2 Å². The first-order valence-electron chi connectivity index (χ1n) is 6.19. The summed E-state index contributed by atoms with van der Waals surface area (Å²) >= 11 is 13.8. The van der Waals surface area contributed by atoms with Gasteiger partial charge < -0.3 is 4.90 Å². The third kappa shape index (κ3) is 2.58. The number of para-hydroxylation sites is 1. The summed E-state index contributed by atoms with van der Waals surface area (Å²) in [4.78, 5) is 4.85. The Morgan fingerprint density at radius 2 is 1.79 bits per heavy atom. The first-order chi connectivity index (χ1) is 9.29. The van der Waals surface area contributed by atoms with Crippen LogP contribution < -0.4 is 4.90 Å². The van der Waals surface area contributed by atoms with E-state index in [9.17, 15) is 0 Å². The lowest BCUT2D eigenvalue weighted by molar-refractivity contribution is 0.871. The minimum Gasteiger partial charge on any atom is -0.340 e. The van der Waals surface area contributed by atoms with E-state index in [2.05, 4.69) is 35.2 Å². The molecule has 19 heavy (non-hydrogen) atoms. The summed E-state index contributed by atoms with van der Waals surface area (Å²) in [5.74, 6) is 0.668. The fourth-order valence-electron chi connectivity index (χ4n) is 2.26. The zero-order valence-corrected chi connectivity index (χ0v) is 12.6. The van der Waals surface area contributed by atoms with E-state index in [1.807, 2.05) is 12.1 Å². The highest BCUT2D eigenvalue weighted by atomic mass is 35.5. The predicted molar refractivity (Wildman–Crippen MR) is 84.4 cm³/mol. The molecule has 1 aliphatic rings. The van der Waals surface area contributed by atoms with Gasteiger partial charge in [0.1, 0.15) is 0 Å². The van der Waals surface area contributed by atoms with Crippen molar-refractivity contribution in [1.29, 1.82) is 0 Å². The molecule has 2 aromatic carbocycles. The second-order valence-corrected chi connectivity index (χ2v) is 6.27. The van der Waals surface area contributed by atoms with Gasteiger partial charge in [0.25, 0.3) is 0 Å². The van der Waals surface area contributed by atoms with Crippen molar-refractivity contribution in [1.82, 2.24) is 0 Å². The molecule has 4 heteroatoms. The number of alkyl halides is 1. The molecule has 0 atom stereocenters. The summed E-state index contributed by atoms with van der Waals surface area (Å²) in [5, 5.41) is 0.773. The van der Waals surface area contributed by atoms with Gasteiger partial charge >= 0.3 is 0 Å². The molecule has 1 nitrogen and oxygen atoms in total. The number of fused-ring (bicyclic) bond motifs is 2. The van der Waals surface area contributed by atoms with Crippen LogP contribution in [-0.2, 0) is 0 Å². The fraction of sp³-hybridized carbons (Fsp3) is 0.200. The minimum atomic E-state index is 0.668. The van der Waals surface area contributed by atoms with Crippen molar-refractivity contribution in [3.8, 4) is 0 Å². The molecule has 0 saturated heterocycles. The lowest BCUT2D eigenvalue weighted by Gasteiger charge is -2.32. The Morgan fingerprint density at radius 1 is 1.00 bits per heavy atom. The summed E-state index contributed by atoms with van der Waals surface area (Å²) in [5.41, 5.74) is 2.42. The molecule has 2 aromatic rings. The van der Waals surface area contributed by atoms with Crippen molar-refractivity contribution in [2.75, 3.05) is 17.3 Å². The van der Waals surface area contributed by atoms with E-state index < -0.39 is 0 Å². The van der Waals surface area contributed by atoms with Crippen LogP contribution in [-0.4, -0.2) is 12.4 Å². The van der Waals surface area contributed by atoms with Crippen molar-refractivity contribution in [3.63, 3.8) is 0 Å². The molecule has 0 N–H and O–H groups in total. The zero-order chi connectivity index (χ0) is 13.2. The zero-order valence-electron chi connectivity index (χ0n) is 10.3. The monoisotopic (exact) mass is 309 g/mol. The van der Waals surface area contributed by atoms with E-state index in [0.29, 0.717) is 5.88 Å². The highest BCUT2D eigenvalue weighted by molar-refractivity contribution is 7.99. The average Bonchev–Trinajstić information content (AvgIpc) is 2.44. The fourth-order valence-corrected chi connectivity index (χ4v) is 3.62. The molecule has 0 amide bonds. The number of halogens is 2. The average molecular weight is 310 g/mol. The van der Waals surface area contributed by atoms with E-state index in [0.717, 1.165) is 18.0 Å². The van der Waals surface area contributed by atoms with Gasteiger partial charge in [-0.1, -0.05) is 35.5 Å². The lowest BCUT2D eigenvalue weighted by Crippen LogP contribution is -2.22. The molecular weight excluding hydrogens is 297 g/mol. The van der Waals surface area contributed by atoms with Crippen LogP contribution in [0, 0.1) is 0 Å². The topological polar surface area (TPSA) is 3.24 Å². The van der Waals surface area contributed by atoms with Gasteiger partial charge in [0, 0.05) is 27.2 Å². The summed E-state index contributed by atoms with van der Waals surface area (Å²) in [6.07, 6.45) is 0.951. The highest BCUT2D eigenvalue weighted by Gasteiger charge is 2.22. The van der Waals surface area contributed by atoms with Crippen LogP contribution in [0.15, 0.2) is 52.3 Å². The van der Waals surface area contributed by atoms with Gasteiger partial charge in [0.15, 0.2) is 0 Å². The van der Waals surface area contributed by atoms with Gasteiger partial charge in [-0.15, -0.1) is 11.6 Å². The van der Waals surface area contributed by atoms with Crippen LogP contribution >= 0.6 is 35.0 Å². The van der Waals surface area contributed by atoms with Crippen molar-refractivity contribution in [2.45, 2.75) is 16.2 Å². The van der Waals surface area contributed by atoms with Gasteiger partial charge in [-0.25, -0.2) is 0 Å². The summed E-state index contributed by atoms with van der Waals surface area (Å²) in [6, 6.07) is 14.5. The van der Waals surface area contributed by atoms with Crippen LogP contribution in [0.5, 0.6) is 0 Å². The number of nitrogens with zero attached hydrogens (tertiary/aromatic N) is 1. The Bertz CT molecular complexity index is 600. The molecule has 3 rings (SSSR count). The summed E-state index contributed by atoms with van der Waals surface area (Å²) < 4.78 is 0. The maximum absolute atomic E-state index is 6.14. The Kier molecular flexibility index (Phi) is 3.92. The molecule has 0 saturated carbocycles. The van der Waals surface area contributed by atoms with Gasteiger partial charge in [-0.3, -0.25) is 0 Å². The first kappa shape index (κ1) is 13.2. The Morgan fingerprint density at radius 3 is 2.63 bits per heavy atom. The van der Waals surface area contributed by atoms with Crippen LogP contribution in [0.1, 0.15) is 6.42 Å². The molecule has 0 aliphatic carbocycles. The van der Waals surface area contributed by atoms with E-state index >= 15 is 0 Å². The van der Waals surface area contributed by atoms with Crippen molar-refractivity contribution >= 4 is 46.3 Å². The summed E-state index contributed by atoms with van der Waals surface area (Å²) in [7, 11) is 0. The largest absolute Gasteiger partial charge is 0.340 e. The van der Waals surface area contributed by atoms with Crippen LogP contribution in [0.4, 0.5) is 11.4 Å². The van der Waals surface area contributed by atoms with E-state index in [1.54, 1.807) is 11.8 Å². The van der Waals surface area contributed by atoms with Crippen LogP contribution in [0.25, 0.3) is 0 Å². The van der Waals surface area contributed by atoms with Crippen LogP contribution in [0.2, 0.25) is 5.02 Å². The molecule has 98 valence electrons. The predicted octanol–water partition coefficient (Wildman–Crippen LogP) is 5.57. The number of rotatable bonds is 3. The minimum absolute atomic E-state index is 0.668. The van der Waals surface area contributed by atoms with Crippen molar-refractivity contribution in [3.05, 3.63) is 47.5 Å². The lowest BCUT2D eigenvalue weighted by atomic mass is 10.2. The van der Waals surface area contributed by atoms with Gasteiger partial charge in [-0.05, 0) is 36.8 Å². The number of benzene rings is 2. The highest BCUT2D eigenvalue weighted by Crippen LogP contribution is 2.48. The number of hydrogen-bond donors (Lipinski definition) is 0. The van der Waals surface area contributed by atoms with E-state index in [-0.39, 0.29) is 0 Å². The molecule has 0 bridgehead atoms. The molecule has 0 spiro atoms. The van der Waals surface area contributed by atoms with Gasteiger partial charge in [0.05, 0.1) is 11.4 Å². The van der Waals surface area contributed by atoms with Gasteiger partial charge in [-0.2, -0.15) is 0 Å². The third-order valence-electron chi connectivity index (χ3n) is 3.10. The third-order valence-corrected chi connectivity index (χ3v) is 4.74. The smallest absolute Gasteiger partial charge is 0.0567 e. The Balaban J connectivity index is 2.08. The molecule has 0 fully saturated rings. The Labute approximate surface area is 127 Å². The Hall–Kier alpha value is -0.830. The molecular formula is C15H13Cl2NS. The normalized spacial score (nSPS) is 13.1.